The Bertz CT molecular complexity index is 134. The Hall–Kier alpha value is -0.190. The lowest BCUT2D eigenvalue weighted by Gasteiger charge is -2.36. The Morgan fingerprint density at radius 1 is 1.73 bits per heavy atom. The van der Waals surface area contributed by atoms with Crippen molar-refractivity contribution in [3.63, 3.8) is 0 Å². The number of likely N-dealkylation sites (N-methyl/N-ethyl adjacent to an activating group) is 1. The molecule has 3 nitrogen and oxygen atoms in total. The third-order valence-electron chi connectivity index (χ3n) is 1.86. The number of alkyl halides is 1. The second-order valence-corrected chi connectivity index (χ2v) is 2.98. The molecule has 1 aliphatic rings. The third-order valence-corrected chi connectivity index (χ3v) is 1.86. The smallest absolute Gasteiger partial charge is 0.129 e. The number of rotatable bonds is 2. The summed E-state index contributed by atoms with van der Waals surface area (Å²) in [5, 5.41) is 9.44. The summed E-state index contributed by atoms with van der Waals surface area (Å²) >= 11 is 0. The minimum atomic E-state index is -1.27. The first-order valence-corrected chi connectivity index (χ1v) is 3.78. The summed E-state index contributed by atoms with van der Waals surface area (Å²) in [6.45, 7) is 2.98. The SMILES string of the molecule is CCN1COCC(O)(CF)C1. The number of aliphatic hydroxyl groups is 1. The van der Waals surface area contributed by atoms with Gasteiger partial charge in [0.15, 0.2) is 0 Å². The standard InChI is InChI=1S/C7H14FNO2/c1-2-9-4-7(10,3-8)5-11-6-9/h10H,2-6H2,1H3. The highest BCUT2D eigenvalue weighted by molar-refractivity contribution is 4.83. The molecule has 66 valence electrons. The van der Waals surface area contributed by atoms with Crippen LogP contribution < -0.4 is 0 Å². The number of hydrogen-bond donors (Lipinski definition) is 1. The van der Waals surface area contributed by atoms with Crippen LogP contribution in [-0.2, 0) is 4.74 Å². The molecule has 1 heterocycles. The van der Waals surface area contributed by atoms with Gasteiger partial charge in [-0.25, -0.2) is 4.39 Å². The van der Waals surface area contributed by atoms with Crippen LogP contribution in [0.5, 0.6) is 0 Å². The summed E-state index contributed by atoms with van der Waals surface area (Å²) in [7, 11) is 0. The van der Waals surface area contributed by atoms with Gasteiger partial charge in [-0.1, -0.05) is 6.92 Å². The van der Waals surface area contributed by atoms with Crippen molar-refractivity contribution in [1.82, 2.24) is 4.90 Å². The van der Waals surface area contributed by atoms with Gasteiger partial charge in [-0.2, -0.15) is 0 Å². The van der Waals surface area contributed by atoms with Crippen LogP contribution in [-0.4, -0.2) is 48.7 Å². The Morgan fingerprint density at radius 3 is 3.00 bits per heavy atom. The molecule has 0 saturated carbocycles. The van der Waals surface area contributed by atoms with Gasteiger partial charge >= 0.3 is 0 Å². The van der Waals surface area contributed by atoms with Crippen LogP contribution in [0.2, 0.25) is 0 Å². The first-order chi connectivity index (χ1) is 5.20. The van der Waals surface area contributed by atoms with Crippen molar-refractivity contribution >= 4 is 0 Å². The van der Waals surface area contributed by atoms with Crippen LogP contribution in [0.4, 0.5) is 4.39 Å². The van der Waals surface area contributed by atoms with Crippen LogP contribution in [0.15, 0.2) is 0 Å². The van der Waals surface area contributed by atoms with Gasteiger partial charge in [-0.15, -0.1) is 0 Å². The number of hydrogen-bond acceptors (Lipinski definition) is 3. The number of halogens is 1. The lowest BCUT2D eigenvalue weighted by molar-refractivity contribution is -0.147. The minimum absolute atomic E-state index is 0.111. The molecule has 0 aromatic heterocycles. The van der Waals surface area contributed by atoms with Crippen molar-refractivity contribution in [1.29, 1.82) is 0 Å². The lowest BCUT2D eigenvalue weighted by Crippen LogP contribution is -2.53. The lowest BCUT2D eigenvalue weighted by atomic mass is 10.1. The van der Waals surface area contributed by atoms with Crippen LogP contribution in [0, 0.1) is 0 Å². The first kappa shape index (κ1) is 8.90. The highest BCUT2D eigenvalue weighted by Gasteiger charge is 2.33. The summed E-state index contributed by atoms with van der Waals surface area (Å²) in [6, 6.07) is 0. The van der Waals surface area contributed by atoms with E-state index in [1.165, 1.54) is 0 Å². The van der Waals surface area contributed by atoms with Gasteiger partial charge in [-0.3, -0.25) is 4.90 Å². The van der Waals surface area contributed by atoms with Crippen LogP contribution in [0.25, 0.3) is 0 Å². The predicted molar refractivity (Wildman–Crippen MR) is 39.0 cm³/mol. The molecule has 0 spiro atoms. The van der Waals surface area contributed by atoms with E-state index in [0.717, 1.165) is 6.54 Å². The molecule has 0 bridgehead atoms. The Balaban J connectivity index is 2.44. The third kappa shape index (κ3) is 2.12. The molecule has 0 aromatic rings. The van der Waals surface area contributed by atoms with E-state index in [1.807, 2.05) is 11.8 Å². The monoisotopic (exact) mass is 163 g/mol. The average molecular weight is 163 g/mol. The van der Waals surface area contributed by atoms with E-state index in [9.17, 15) is 9.50 Å². The summed E-state index contributed by atoms with van der Waals surface area (Å²) in [6.07, 6.45) is 0. The molecule has 4 heteroatoms. The molecule has 1 saturated heterocycles. The first-order valence-electron chi connectivity index (χ1n) is 3.78. The van der Waals surface area contributed by atoms with E-state index in [4.69, 9.17) is 4.74 Å². The van der Waals surface area contributed by atoms with Crippen LogP contribution >= 0.6 is 0 Å². The summed E-state index contributed by atoms with van der Waals surface area (Å²) in [5.74, 6) is 0. The maximum Gasteiger partial charge on any atom is 0.129 e. The normalized spacial score (nSPS) is 34.1. The van der Waals surface area contributed by atoms with E-state index in [1.54, 1.807) is 0 Å². The van der Waals surface area contributed by atoms with E-state index >= 15 is 0 Å². The Morgan fingerprint density at radius 2 is 2.45 bits per heavy atom. The molecule has 0 radical (unpaired) electrons. The topological polar surface area (TPSA) is 32.7 Å². The Kier molecular flexibility index (Phi) is 2.81. The summed E-state index contributed by atoms with van der Waals surface area (Å²) in [5.41, 5.74) is -1.27. The summed E-state index contributed by atoms with van der Waals surface area (Å²) in [4.78, 5) is 1.86. The van der Waals surface area contributed by atoms with Crippen molar-refractivity contribution in [2.75, 3.05) is 33.1 Å². The highest BCUT2D eigenvalue weighted by Crippen LogP contribution is 2.14. The molecule has 1 N–H and O–H groups in total. The van der Waals surface area contributed by atoms with Crippen molar-refractivity contribution in [2.24, 2.45) is 0 Å². The van der Waals surface area contributed by atoms with Gasteiger partial charge in [-0.05, 0) is 6.54 Å². The van der Waals surface area contributed by atoms with Gasteiger partial charge in [0.05, 0.1) is 13.3 Å². The fourth-order valence-electron chi connectivity index (χ4n) is 1.16. The van der Waals surface area contributed by atoms with E-state index in [0.29, 0.717) is 13.3 Å². The molecular weight excluding hydrogens is 149 g/mol. The van der Waals surface area contributed by atoms with E-state index < -0.39 is 12.3 Å². The zero-order chi connectivity index (χ0) is 8.32. The number of nitrogens with zero attached hydrogens (tertiary/aromatic N) is 1. The quantitative estimate of drug-likeness (QED) is 0.621. The van der Waals surface area contributed by atoms with Gasteiger partial charge in [0.25, 0.3) is 0 Å². The van der Waals surface area contributed by atoms with Gasteiger partial charge < -0.3 is 9.84 Å². The van der Waals surface area contributed by atoms with E-state index in [-0.39, 0.29) is 6.61 Å². The maximum absolute atomic E-state index is 12.2. The molecule has 1 unspecified atom stereocenters. The average Bonchev–Trinajstić information content (AvgIpc) is 2.05. The molecule has 0 amide bonds. The fourth-order valence-corrected chi connectivity index (χ4v) is 1.16. The van der Waals surface area contributed by atoms with Crippen LogP contribution in [0.3, 0.4) is 0 Å². The molecule has 1 rings (SSSR count). The zero-order valence-electron chi connectivity index (χ0n) is 6.72. The van der Waals surface area contributed by atoms with Gasteiger partial charge in [0, 0.05) is 6.54 Å². The molecule has 1 atom stereocenters. The van der Waals surface area contributed by atoms with Crippen molar-refractivity contribution in [3.8, 4) is 0 Å². The number of β-amino-alcohol motifs (C(OH)–C–C–N with tert-alkyl or cyclic N) is 1. The van der Waals surface area contributed by atoms with Crippen LogP contribution in [0.1, 0.15) is 6.92 Å². The molecule has 11 heavy (non-hydrogen) atoms. The number of ether oxygens (including phenoxy) is 1. The van der Waals surface area contributed by atoms with Crippen molar-refractivity contribution in [3.05, 3.63) is 0 Å². The second-order valence-electron chi connectivity index (χ2n) is 2.98. The largest absolute Gasteiger partial charge is 0.383 e. The molecule has 1 aliphatic heterocycles. The zero-order valence-corrected chi connectivity index (χ0v) is 6.72. The molecule has 1 fully saturated rings. The predicted octanol–water partition coefficient (Wildman–Crippen LogP) is -0.00340. The van der Waals surface area contributed by atoms with Crippen molar-refractivity contribution in [2.45, 2.75) is 12.5 Å². The fraction of sp³-hybridized carbons (Fsp3) is 1.00. The van der Waals surface area contributed by atoms with Crippen molar-refractivity contribution < 1.29 is 14.2 Å². The second kappa shape index (κ2) is 3.47. The Labute approximate surface area is 65.8 Å². The van der Waals surface area contributed by atoms with Gasteiger partial charge in [0.1, 0.15) is 12.3 Å². The summed E-state index contributed by atoms with van der Waals surface area (Å²) < 4.78 is 17.2. The van der Waals surface area contributed by atoms with Gasteiger partial charge in [0.2, 0.25) is 0 Å². The maximum atomic E-state index is 12.2. The molecule has 0 aromatic carbocycles. The van der Waals surface area contributed by atoms with E-state index in [2.05, 4.69) is 0 Å². The highest BCUT2D eigenvalue weighted by atomic mass is 19.1. The molecular formula is C7H14FNO2. The minimum Gasteiger partial charge on any atom is -0.383 e. The molecule has 0 aliphatic carbocycles.